The predicted octanol–water partition coefficient (Wildman–Crippen LogP) is 3.81. The first-order chi connectivity index (χ1) is 19.6. The lowest BCUT2D eigenvalue weighted by atomic mass is 9.99. The lowest BCUT2D eigenvalue weighted by Gasteiger charge is -2.42. The molecule has 1 fully saturated rings. The van der Waals surface area contributed by atoms with Crippen LogP contribution in [-0.2, 0) is 30.3 Å². The number of hydrogen-bond donors (Lipinski definition) is 1. The number of carbonyl (C=O) groups is 2. The summed E-state index contributed by atoms with van der Waals surface area (Å²) in [4.78, 5) is 26.1. The lowest BCUT2D eigenvalue weighted by Crippen LogP contribution is -2.60. The molecule has 0 aliphatic carbocycles. The molecule has 2 aliphatic heterocycles. The zero-order valence-corrected chi connectivity index (χ0v) is 24.2. The summed E-state index contributed by atoms with van der Waals surface area (Å²) in [6.45, 7) is 13.7. The number of rotatable bonds is 9. The van der Waals surface area contributed by atoms with Crippen molar-refractivity contribution in [3.05, 3.63) is 35.9 Å². The van der Waals surface area contributed by atoms with E-state index in [9.17, 15) is 14.7 Å². The highest BCUT2D eigenvalue weighted by molar-refractivity contribution is 6.02. The molecule has 1 aromatic heterocycles. The Labute approximate surface area is 238 Å². The van der Waals surface area contributed by atoms with Crippen LogP contribution in [0.5, 0.6) is 17.2 Å². The first-order valence-corrected chi connectivity index (χ1v) is 14.0. The van der Waals surface area contributed by atoms with Crippen LogP contribution in [0.2, 0.25) is 0 Å². The Morgan fingerprint density at radius 2 is 1.76 bits per heavy atom. The van der Waals surface area contributed by atoms with E-state index in [1.807, 2.05) is 35.9 Å². The lowest BCUT2D eigenvalue weighted by molar-refractivity contribution is -0.277. The number of hydrogen-bond acceptors (Lipinski definition) is 10. The summed E-state index contributed by atoms with van der Waals surface area (Å²) in [5.74, 6) is 0.391. The number of likely N-dealkylation sites (N-methyl/N-ethyl adjacent to an activating group) is 1. The second-order valence-electron chi connectivity index (χ2n) is 10.5. The SMILES string of the molecule is CCN(CC)CCn1nc2c3c(cc(O[C@@H]4O[C@@H](C)[C@H](O)[C@@H](OC(C)=O)[C@H]4OC(C)=O)cc31)Oc1cc(C)ccc1-2. The van der Waals surface area contributed by atoms with E-state index in [1.54, 1.807) is 13.0 Å². The fourth-order valence-corrected chi connectivity index (χ4v) is 5.41. The van der Waals surface area contributed by atoms with Gasteiger partial charge >= 0.3 is 11.9 Å². The van der Waals surface area contributed by atoms with Crippen LogP contribution < -0.4 is 9.47 Å². The molecule has 5 atom stereocenters. The number of nitrogens with zero attached hydrogens (tertiary/aromatic N) is 3. The van der Waals surface area contributed by atoms with E-state index in [-0.39, 0.29) is 0 Å². The van der Waals surface area contributed by atoms with E-state index in [2.05, 4.69) is 18.7 Å². The van der Waals surface area contributed by atoms with E-state index in [4.69, 9.17) is 28.8 Å². The Kier molecular flexibility index (Phi) is 8.21. The maximum atomic E-state index is 12.0. The first kappa shape index (κ1) is 28.8. The Morgan fingerprint density at radius 3 is 2.44 bits per heavy atom. The Hall–Kier alpha value is -3.67. The molecule has 0 bridgehead atoms. The molecule has 2 aliphatic rings. The molecule has 0 saturated carbocycles. The summed E-state index contributed by atoms with van der Waals surface area (Å²) >= 11 is 0. The number of aryl methyl sites for hydroxylation is 1. The predicted molar refractivity (Wildman–Crippen MR) is 150 cm³/mol. The van der Waals surface area contributed by atoms with Crippen LogP contribution in [0.4, 0.5) is 0 Å². The highest BCUT2D eigenvalue weighted by Crippen LogP contribution is 2.48. The van der Waals surface area contributed by atoms with Gasteiger partial charge in [0.1, 0.15) is 29.0 Å². The van der Waals surface area contributed by atoms with Gasteiger partial charge in [0.15, 0.2) is 6.10 Å². The molecular formula is C30H37N3O8. The molecule has 0 spiro atoms. The fraction of sp³-hybridized carbons (Fsp3) is 0.500. The van der Waals surface area contributed by atoms with Crippen molar-refractivity contribution in [3.63, 3.8) is 0 Å². The number of aromatic nitrogens is 2. The van der Waals surface area contributed by atoms with Gasteiger partial charge in [0.25, 0.3) is 0 Å². The van der Waals surface area contributed by atoms with Crippen LogP contribution in [0.1, 0.15) is 40.2 Å². The topological polar surface area (TPSA) is 122 Å². The van der Waals surface area contributed by atoms with Crippen LogP contribution in [0, 0.1) is 6.92 Å². The van der Waals surface area contributed by atoms with Gasteiger partial charge in [0, 0.05) is 38.1 Å². The normalized spacial score (nSPS) is 23.2. The largest absolute Gasteiger partial charge is 0.460 e. The van der Waals surface area contributed by atoms with Crippen LogP contribution in [0.25, 0.3) is 22.2 Å². The summed E-state index contributed by atoms with van der Waals surface area (Å²) in [6, 6.07) is 9.63. The van der Waals surface area contributed by atoms with Gasteiger partial charge in [-0.2, -0.15) is 5.10 Å². The zero-order valence-electron chi connectivity index (χ0n) is 24.2. The van der Waals surface area contributed by atoms with Gasteiger partial charge in [-0.05, 0) is 44.6 Å². The molecule has 41 heavy (non-hydrogen) atoms. The Balaban J connectivity index is 1.56. The van der Waals surface area contributed by atoms with E-state index in [1.165, 1.54) is 13.8 Å². The summed E-state index contributed by atoms with van der Waals surface area (Å²) in [5, 5.41) is 16.6. The highest BCUT2D eigenvalue weighted by atomic mass is 16.7. The Bertz CT molecular complexity index is 1450. The van der Waals surface area contributed by atoms with Gasteiger partial charge in [0.05, 0.1) is 23.6 Å². The summed E-state index contributed by atoms with van der Waals surface area (Å²) in [6.07, 6.45) is -5.54. The maximum absolute atomic E-state index is 12.0. The molecule has 1 saturated heterocycles. The van der Waals surface area contributed by atoms with Gasteiger partial charge in [0.2, 0.25) is 12.4 Å². The van der Waals surface area contributed by atoms with Crippen molar-refractivity contribution in [2.24, 2.45) is 0 Å². The maximum Gasteiger partial charge on any atom is 0.303 e. The highest BCUT2D eigenvalue weighted by Gasteiger charge is 2.49. The molecule has 0 unspecified atom stereocenters. The van der Waals surface area contributed by atoms with E-state index in [0.717, 1.165) is 47.4 Å². The number of esters is 2. The van der Waals surface area contributed by atoms with Crippen molar-refractivity contribution in [3.8, 4) is 28.5 Å². The van der Waals surface area contributed by atoms with Gasteiger partial charge in [-0.3, -0.25) is 14.3 Å². The molecule has 1 N–H and O–H groups in total. The number of benzene rings is 2. The molecule has 11 nitrogen and oxygen atoms in total. The molecule has 3 aromatic rings. The number of ether oxygens (including phenoxy) is 5. The Morgan fingerprint density at radius 1 is 1.05 bits per heavy atom. The summed E-state index contributed by atoms with van der Waals surface area (Å²) < 4.78 is 31.4. The van der Waals surface area contributed by atoms with Gasteiger partial charge in [-0.15, -0.1) is 0 Å². The third-order valence-corrected chi connectivity index (χ3v) is 7.54. The van der Waals surface area contributed by atoms with E-state index < -0.39 is 42.6 Å². The molecule has 11 heteroatoms. The van der Waals surface area contributed by atoms with Crippen LogP contribution in [-0.4, -0.2) is 82.1 Å². The number of carbonyl (C=O) groups excluding carboxylic acids is 2. The van der Waals surface area contributed by atoms with E-state index >= 15 is 0 Å². The fourth-order valence-electron chi connectivity index (χ4n) is 5.41. The van der Waals surface area contributed by atoms with Crippen LogP contribution in [0.3, 0.4) is 0 Å². The molecule has 0 amide bonds. The van der Waals surface area contributed by atoms with Crippen molar-refractivity contribution < 1.29 is 38.4 Å². The average molecular weight is 568 g/mol. The van der Waals surface area contributed by atoms with Crippen molar-refractivity contribution in [2.45, 2.75) is 78.8 Å². The van der Waals surface area contributed by atoms with Gasteiger partial charge in [-0.1, -0.05) is 19.9 Å². The minimum absolute atomic E-state index is 0.381. The molecule has 5 rings (SSSR count). The second kappa shape index (κ2) is 11.7. The minimum Gasteiger partial charge on any atom is -0.460 e. The quantitative estimate of drug-likeness (QED) is 0.299. The van der Waals surface area contributed by atoms with Gasteiger partial charge < -0.3 is 33.7 Å². The van der Waals surface area contributed by atoms with Crippen molar-refractivity contribution in [2.75, 3.05) is 19.6 Å². The third kappa shape index (κ3) is 5.74. The number of fused-ring (bicyclic) bond motifs is 2. The monoisotopic (exact) mass is 567 g/mol. The summed E-state index contributed by atoms with van der Waals surface area (Å²) in [5.41, 5.74) is 3.62. The van der Waals surface area contributed by atoms with Crippen molar-refractivity contribution in [1.82, 2.24) is 14.7 Å². The van der Waals surface area contributed by atoms with E-state index in [0.29, 0.717) is 23.8 Å². The molecule has 220 valence electrons. The number of aliphatic hydroxyl groups is 1. The standard InChI is InChI=1S/C30H37N3O8/c1-7-32(8-2)11-12-33-22-14-20(15-24-25(22)26(31-33)21-10-9-16(3)13-23(21)41-24)40-30-29(39-19(6)35)28(38-18(5)34)27(36)17(4)37-30/h9-10,13-15,17,27-30,36H,7-8,11-12H2,1-6H3/t17-,27-,28+,29+,30-/m0/s1. The average Bonchev–Trinajstić information content (AvgIpc) is 3.28. The minimum atomic E-state index is -1.22. The smallest absolute Gasteiger partial charge is 0.303 e. The molecular weight excluding hydrogens is 530 g/mol. The molecule has 3 heterocycles. The number of aliphatic hydroxyl groups excluding tert-OH is 1. The van der Waals surface area contributed by atoms with Crippen LogP contribution >= 0.6 is 0 Å². The molecule has 2 aromatic carbocycles. The third-order valence-electron chi connectivity index (χ3n) is 7.54. The second-order valence-corrected chi connectivity index (χ2v) is 10.5. The van der Waals surface area contributed by atoms with Crippen molar-refractivity contribution in [1.29, 1.82) is 0 Å². The van der Waals surface area contributed by atoms with Crippen LogP contribution in [0.15, 0.2) is 30.3 Å². The van der Waals surface area contributed by atoms with Crippen molar-refractivity contribution >= 4 is 22.8 Å². The van der Waals surface area contributed by atoms with Gasteiger partial charge in [-0.25, -0.2) is 0 Å². The molecule has 0 radical (unpaired) electrons. The first-order valence-electron chi connectivity index (χ1n) is 14.0. The summed E-state index contributed by atoms with van der Waals surface area (Å²) in [7, 11) is 0. The zero-order chi connectivity index (χ0) is 29.4.